The van der Waals surface area contributed by atoms with E-state index in [0.29, 0.717) is 12.0 Å². The molecule has 0 aromatic heterocycles. The van der Waals surface area contributed by atoms with Crippen LogP contribution in [-0.4, -0.2) is 45.4 Å². The predicted molar refractivity (Wildman–Crippen MR) is 67.2 cm³/mol. The second-order valence-electron chi connectivity index (χ2n) is 4.36. The molecule has 0 heterocycles. The minimum atomic E-state index is 0.611. The first kappa shape index (κ1) is 14.2. The highest BCUT2D eigenvalue weighted by atomic mass is 35.5. The van der Waals surface area contributed by atoms with E-state index < -0.39 is 0 Å². The maximum atomic E-state index is 5.91. The lowest BCUT2D eigenvalue weighted by Gasteiger charge is -2.18. The van der Waals surface area contributed by atoms with E-state index in [1.165, 1.54) is 19.3 Å². The van der Waals surface area contributed by atoms with Gasteiger partial charge >= 0.3 is 0 Å². The second kappa shape index (κ2) is 9.23. The van der Waals surface area contributed by atoms with Crippen LogP contribution in [0.25, 0.3) is 0 Å². The topological polar surface area (TPSA) is 30.5 Å². The molecule has 0 spiro atoms. The molecule has 1 saturated carbocycles. The molecule has 4 heteroatoms. The molecule has 1 aliphatic carbocycles. The Morgan fingerprint density at radius 1 is 1.25 bits per heavy atom. The zero-order chi connectivity index (χ0) is 11.6. The Balaban J connectivity index is 1.90. The van der Waals surface area contributed by atoms with E-state index in [1.807, 2.05) is 0 Å². The predicted octanol–water partition coefficient (Wildman–Crippen LogP) is 2.04. The van der Waals surface area contributed by atoms with Crippen molar-refractivity contribution in [3.63, 3.8) is 0 Å². The van der Waals surface area contributed by atoms with Crippen LogP contribution in [0.3, 0.4) is 0 Å². The van der Waals surface area contributed by atoms with E-state index in [9.17, 15) is 0 Å². The van der Waals surface area contributed by atoms with Gasteiger partial charge in [0.1, 0.15) is 0 Å². The molecule has 0 saturated heterocycles. The van der Waals surface area contributed by atoms with Crippen molar-refractivity contribution in [1.82, 2.24) is 5.32 Å². The molecule has 0 bridgehead atoms. The van der Waals surface area contributed by atoms with E-state index in [4.69, 9.17) is 21.1 Å². The summed E-state index contributed by atoms with van der Waals surface area (Å²) in [7, 11) is 1.72. The molecule has 0 amide bonds. The fourth-order valence-corrected chi connectivity index (χ4v) is 2.58. The average molecular weight is 250 g/mol. The van der Waals surface area contributed by atoms with Crippen molar-refractivity contribution in [3.05, 3.63) is 0 Å². The van der Waals surface area contributed by atoms with Crippen molar-refractivity contribution < 1.29 is 9.47 Å². The quantitative estimate of drug-likeness (QED) is 0.501. The van der Waals surface area contributed by atoms with Crippen molar-refractivity contribution in [2.75, 3.05) is 39.4 Å². The number of hydrogen-bond acceptors (Lipinski definition) is 3. The SMILES string of the molecule is COCCCOCCNC1CCCC1CCl. The van der Waals surface area contributed by atoms with Crippen LogP contribution in [0.15, 0.2) is 0 Å². The van der Waals surface area contributed by atoms with Gasteiger partial charge in [-0.2, -0.15) is 0 Å². The molecular weight excluding hydrogens is 226 g/mol. The molecular formula is C12H24ClNO2. The van der Waals surface area contributed by atoms with Crippen LogP contribution in [0.5, 0.6) is 0 Å². The fourth-order valence-electron chi connectivity index (χ4n) is 2.21. The van der Waals surface area contributed by atoms with Gasteiger partial charge in [0.05, 0.1) is 6.61 Å². The van der Waals surface area contributed by atoms with E-state index in [0.717, 1.165) is 38.7 Å². The van der Waals surface area contributed by atoms with Crippen LogP contribution >= 0.6 is 11.6 Å². The first-order valence-electron chi connectivity index (χ1n) is 6.24. The first-order valence-corrected chi connectivity index (χ1v) is 6.78. The van der Waals surface area contributed by atoms with Gasteiger partial charge in [-0.05, 0) is 25.2 Å². The molecule has 1 rings (SSSR count). The summed E-state index contributed by atoms with van der Waals surface area (Å²) < 4.78 is 10.4. The lowest BCUT2D eigenvalue weighted by atomic mass is 10.1. The minimum absolute atomic E-state index is 0.611. The van der Waals surface area contributed by atoms with E-state index >= 15 is 0 Å². The Kier molecular flexibility index (Phi) is 8.21. The average Bonchev–Trinajstić information content (AvgIpc) is 2.75. The lowest BCUT2D eigenvalue weighted by molar-refractivity contribution is 0.102. The van der Waals surface area contributed by atoms with Crippen LogP contribution in [0, 0.1) is 5.92 Å². The van der Waals surface area contributed by atoms with Gasteiger partial charge in [0.15, 0.2) is 0 Å². The Hall–Kier alpha value is 0.170. The Morgan fingerprint density at radius 2 is 2.12 bits per heavy atom. The van der Waals surface area contributed by atoms with Crippen LogP contribution in [0.1, 0.15) is 25.7 Å². The molecule has 0 radical (unpaired) electrons. The van der Waals surface area contributed by atoms with Gasteiger partial charge < -0.3 is 14.8 Å². The number of hydrogen-bond donors (Lipinski definition) is 1. The maximum absolute atomic E-state index is 5.91. The summed E-state index contributed by atoms with van der Waals surface area (Å²) in [5.41, 5.74) is 0. The van der Waals surface area contributed by atoms with Crippen molar-refractivity contribution in [2.45, 2.75) is 31.7 Å². The second-order valence-corrected chi connectivity index (χ2v) is 4.67. The highest BCUT2D eigenvalue weighted by Gasteiger charge is 2.25. The van der Waals surface area contributed by atoms with E-state index in [1.54, 1.807) is 7.11 Å². The van der Waals surface area contributed by atoms with Crippen molar-refractivity contribution in [3.8, 4) is 0 Å². The zero-order valence-electron chi connectivity index (χ0n) is 10.2. The smallest absolute Gasteiger partial charge is 0.0591 e. The summed E-state index contributed by atoms with van der Waals surface area (Å²) in [6, 6.07) is 0.611. The van der Waals surface area contributed by atoms with Crippen LogP contribution in [-0.2, 0) is 9.47 Å². The van der Waals surface area contributed by atoms with Gasteiger partial charge in [-0.15, -0.1) is 11.6 Å². The molecule has 16 heavy (non-hydrogen) atoms. The van der Waals surface area contributed by atoms with E-state index in [-0.39, 0.29) is 0 Å². The van der Waals surface area contributed by atoms with Crippen LogP contribution in [0.4, 0.5) is 0 Å². The summed E-state index contributed by atoms with van der Waals surface area (Å²) in [6.07, 6.45) is 4.82. The minimum Gasteiger partial charge on any atom is -0.385 e. The van der Waals surface area contributed by atoms with Gasteiger partial charge in [0, 0.05) is 38.8 Å². The molecule has 0 aliphatic heterocycles. The standard InChI is InChI=1S/C12H24ClNO2/c1-15-7-3-8-16-9-6-14-12-5-2-4-11(12)10-13/h11-12,14H,2-10H2,1H3. The zero-order valence-corrected chi connectivity index (χ0v) is 11.0. The van der Waals surface area contributed by atoms with E-state index in [2.05, 4.69) is 5.32 Å². The highest BCUT2D eigenvalue weighted by molar-refractivity contribution is 6.18. The Bertz CT molecular complexity index is 169. The third-order valence-electron chi connectivity index (χ3n) is 3.15. The number of nitrogens with one attached hydrogen (secondary N) is 1. The number of methoxy groups -OCH3 is 1. The summed E-state index contributed by atoms with van der Waals surface area (Å²) >= 11 is 5.91. The normalized spacial score (nSPS) is 25.1. The first-order chi connectivity index (χ1) is 7.88. The third-order valence-corrected chi connectivity index (χ3v) is 3.54. The summed E-state index contributed by atoms with van der Waals surface area (Å²) in [5.74, 6) is 1.45. The molecule has 0 aromatic rings. The Labute approximate surface area is 104 Å². The Morgan fingerprint density at radius 3 is 2.88 bits per heavy atom. The molecule has 2 atom stereocenters. The van der Waals surface area contributed by atoms with Gasteiger partial charge in [-0.3, -0.25) is 0 Å². The summed E-state index contributed by atoms with van der Waals surface area (Å²) in [5, 5.41) is 3.53. The number of alkyl halides is 1. The molecule has 2 unspecified atom stereocenters. The summed E-state index contributed by atoms with van der Waals surface area (Å²) in [6.45, 7) is 3.30. The lowest BCUT2D eigenvalue weighted by Crippen LogP contribution is -2.35. The van der Waals surface area contributed by atoms with Gasteiger partial charge in [-0.1, -0.05) is 6.42 Å². The molecule has 3 nitrogen and oxygen atoms in total. The summed E-state index contributed by atoms with van der Waals surface area (Å²) in [4.78, 5) is 0. The molecule has 96 valence electrons. The molecule has 1 aliphatic rings. The van der Waals surface area contributed by atoms with Gasteiger partial charge in [-0.25, -0.2) is 0 Å². The van der Waals surface area contributed by atoms with Crippen molar-refractivity contribution in [1.29, 1.82) is 0 Å². The van der Waals surface area contributed by atoms with Gasteiger partial charge in [0.2, 0.25) is 0 Å². The molecule has 1 N–H and O–H groups in total. The number of rotatable bonds is 9. The number of halogens is 1. The monoisotopic (exact) mass is 249 g/mol. The van der Waals surface area contributed by atoms with Crippen molar-refractivity contribution in [2.24, 2.45) is 5.92 Å². The van der Waals surface area contributed by atoms with Crippen molar-refractivity contribution >= 4 is 11.6 Å². The fraction of sp³-hybridized carbons (Fsp3) is 1.00. The maximum Gasteiger partial charge on any atom is 0.0591 e. The number of ether oxygens (including phenoxy) is 2. The molecule has 0 aromatic carbocycles. The largest absolute Gasteiger partial charge is 0.385 e. The molecule has 1 fully saturated rings. The van der Waals surface area contributed by atoms with Gasteiger partial charge in [0.25, 0.3) is 0 Å². The third kappa shape index (κ3) is 5.48. The van der Waals surface area contributed by atoms with Crippen LogP contribution < -0.4 is 5.32 Å². The van der Waals surface area contributed by atoms with Crippen LogP contribution in [0.2, 0.25) is 0 Å². The highest BCUT2D eigenvalue weighted by Crippen LogP contribution is 2.26.